The maximum Gasteiger partial charge on any atom is 0.408 e. The monoisotopic (exact) mass is 561 g/mol. The molecule has 214 valence electrons. The second-order valence-corrected chi connectivity index (χ2v) is 12.0. The zero-order valence-electron chi connectivity index (χ0n) is 23.9. The van der Waals surface area contributed by atoms with Crippen LogP contribution in [-0.2, 0) is 14.3 Å². The Kier molecular flexibility index (Phi) is 12.1. The molecule has 0 aromatic heterocycles. The fourth-order valence-corrected chi connectivity index (χ4v) is 6.13. The van der Waals surface area contributed by atoms with Crippen molar-refractivity contribution in [1.29, 1.82) is 0 Å². The van der Waals surface area contributed by atoms with E-state index in [0.29, 0.717) is 18.8 Å². The number of ether oxygens (including phenoxy) is 1. The molecular formula is C33H43N3O3S. The van der Waals surface area contributed by atoms with E-state index >= 15 is 0 Å². The first kappa shape index (κ1) is 31.2. The average molecular weight is 562 g/mol. The van der Waals surface area contributed by atoms with E-state index in [-0.39, 0.29) is 5.91 Å². The number of unbranched alkanes of at least 4 members (excludes halogenated alkanes) is 3. The average Bonchev–Trinajstić information content (AvgIpc) is 2.95. The van der Waals surface area contributed by atoms with Crippen LogP contribution in [0.15, 0.2) is 91.0 Å². The van der Waals surface area contributed by atoms with Gasteiger partial charge in [-0.25, -0.2) is 4.79 Å². The molecule has 7 heteroatoms. The second-order valence-electron chi connectivity index (χ2n) is 10.8. The molecule has 40 heavy (non-hydrogen) atoms. The van der Waals surface area contributed by atoms with Crippen LogP contribution in [0.3, 0.4) is 0 Å². The summed E-state index contributed by atoms with van der Waals surface area (Å²) in [5, 5.41) is 5.88. The summed E-state index contributed by atoms with van der Waals surface area (Å²) in [5.41, 5.74) is 8.19. The number of benzene rings is 3. The molecule has 4 N–H and O–H groups in total. The van der Waals surface area contributed by atoms with Gasteiger partial charge in [0.15, 0.2) is 0 Å². The zero-order valence-corrected chi connectivity index (χ0v) is 24.7. The van der Waals surface area contributed by atoms with Crippen molar-refractivity contribution in [1.82, 2.24) is 10.6 Å². The van der Waals surface area contributed by atoms with Crippen molar-refractivity contribution in [3.05, 3.63) is 108 Å². The lowest BCUT2D eigenvalue weighted by Crippen LogP contribution is -2.50. The van der Waals surface area contributed by atoms with Gasteiger partial charge in [0.2, 0.25) is 5.91 Å². The summed E-state index contributed by atoms with van der Waals surface area (Å²) < 4.78 is 4.91. The van der Waals surface area contributed by atoms with E-state index in [2.05, 4.69) is 47.0 Å². The van der Waals surface area contributed by atoms with Gasteiger partial charge in [-0.05, 0) is 56.8 Å². The largest absolute Gasteiger partial charge is 0.444 e. The van der Waals surface area contributed by atoms with Crippen molar-refractivity contribution in [3.63, 3.8) is 0 Å². The van der Waals surface area contributed by atoms with E-state index in [1.54, 1.807) is 11.8 Å². The van der Waals surface area contributed by atoms with Crippen molar-refractivity contribution in [2.45, 2.75) is 62.8 Å². The van der Waals surface area contributed by atoms with Crippen molar-refractivity contribution in [3.8, 4) is 0 Å². The number of nitrogens with two attached hydrogens (primary N) is 1. The molecule has 2 amide bonds. The van der Waals surface area contributed by atoms with Crippen molar-refractivity contribution >= 4 is 23.8 Å². The van der Waals surface area contributed by atoms with Crippen LogP contribution in [0, 0.1) is 0 Å². The molecule has 0 unspecified atom stereocenters. The van der Waals surface area contributed by atoms with Gasteiger partial charge in [-0.15, -0.1) is 11.8 Å². The van der Waals surface area contributed by atoms with Crippen molar-refractivity contribution < 1.29 is 14.3 Å². The van der Waals surface area contributed by atoms with Crippen LogP contribution in [0.25, 0.3) is 0 Å². The highest BCUT2D eigenvalue weighted by Gasteiger charge is 2.38. The molecule has 0 saturated heterocycles. The topological polar surface area (TPSA) is 93.4 Å². The summed E-state index contributed by atoms with van der Waals surface area (Å²) in [5.74, 6) is 0.108. The zero-order chi connectivity index (χ0) is 28.8. The molecule has 0 aliphatic rings. The summed E-state index contributed by atoms with van der Waals surface area (Å²) in [6.45, 7) is 6.65. The molecule has 0 radical (unpaired) electrons. The van der Waals surface area contributed by atoms with Crippen LogP contribution in [0.4, 0.5) is 4.79 Å². The van der Waals surface area contributed by atoms with Crippen LogP contribution >= 0.6 is 11.8 Å². The molecule has 3 aromatic carbocycles. The van der Waals surface area contributed by atoms with Gasteiger partial charge >= 0.3 is 6.09 Å². The number of thioether (sulfide) groups is 1. The minimum absolute atomic E-state index is 0.222. The Morgan fingerprint density at radius 2 is 1.25 bits per heavy atom. The number of carbonyl (C=O) groups is 2. The van der Waals surface area contributed by atoms with Gasteiger partial charge in [-0.3, -0.25) is 4.79 Å². The molecule has 0 heterocycles. The third-order valence-corrected chi connectivity index (χ3v) is 8.09. The molecule has 0 bridgehead atoms. The van der Waals surface area contributed by atoms with E-state index in [9.17, 15) is 9.59 Å². The van der Waals surface area contributed by atoms with Gasteiger partial charge in [0.05, 0.1) is 4.75 Å². The van der Waals surface area contributed by atoms with Crippen LogP contribution < -0.4 is 16.4 Å². The number of rotatable bonds is 14. The summed E-state index contributed by atoms with van der Waals surface area (Å²) in [6.07, 6.45) is 3.26. The number of hydrogen-bond acceptors (Lipinski definition) is 5. The lowest BCUT2D eigenvalue weighted by molar-refractivity contribution is -0.122. The standard InChI is InChI=1S/C33H43N3O3S/c1-32(2,3)39-31(38)36-29(30(37)35-24-16-5-4-15-23-34)25-40-33(26-17-9-6-10-18-26,27-19-11-7-12-20-27)28-21-13-8-14-22-28/h6-14,17-22,29H,4-5,15-16,23-25,34H2,1-3H3,(H,35,37)(H,36,38)/t29-/m0/s1. The Bertz CT molecular complexity index is 1070. The Labute approximate surface area is 243 Å². The van der Waals surface area contributed by atoms with E-state index < -0.39 is 22.5 Å². The molecule has 0 aliphatic heterocycles. The molecule has 0 aliphatic carbocycles. The quantitative estimate of drug-likeness (QED) is 0.160. The van der Waals surface area contributed by atoms with Crippen molar-refractivity contribution in [2.24, 2.45) is 5.73 Å². The van der Waals surface area contributed by atoms with Gasteiger partial charge in [0, 0.05) is 12.3 Å². The molecule has 6 nitrogen and oxygen atoms in total. The number of nitrogens with one attached hydrogen (secondary N) is 2. The predicted molar refractivity (Wildman–Crippen MR) is 165 cm³/mol. The molecule has 3 rings (SSSR count). The Hall–Kier alpha value is -3.29. The second kappa shape index (κ2) is 15.5. The molecule has 3 aromatic rings. The third-order valence-electron chi connectivity index (χ3n) is 6.45. The first-order chi connectivity index (χ1) is 19.3. The van der Waals surface area contributed by atoms with Gasteiger partial charge in [-0.1, -0.05) is 104 Å². The fraction of sp³-hybridized carbons (Fsp3) is 0.394. The number of hydrogen-bond donors (Lipinski definition) is 3. The number of alkyl carbamates (subject to hydrolysis) is 1. The summed E-state index contributed by atoms with van der Waals surface area (Å²) in [7, 11) is 0. The first-order valence-corrected chi connectivity index (χ1v) is 15.0. The maximum atomic E-state index is 13.4. The predicted octanol–water partition coefficient (Wildman–Crippen LogP) is 6.24. The molecule has 0 fully saturated rings. The highest BCUT2D eigenvalue weighted by molar-refractivity contribution is 8.00. The minimum atomic E-state index is -0.792. The minimum Gasteiger partial charge on any atom is -0.444 e. The number of carbonyl (C=O) groups excluding carboxylic acids is 2. The number of amides is 2. The van der Waals surface area contributed by atoms with E-state index in [1.807, 2.05) is 75.4 Å². The van der Waals surface area contributed by atoms with Crippen LogP contribution in [0.2, 0.25) is 0 Å². The first-order valence-electron chi connectivity index (χ1n) is 14.0. The smallest absolute Gasteiger partial charge is 0.408 e. The lowest BCUT2D eigenvalue weighted by atomic mass is 9.84. The molecule has 0 saturated carbocycles. The van der Waals surface area contributed by atoms with E-state index in [4.69, 9.17) is 10.5 Å². The third kappa shape index (κ3) is 9.14. The maximum absolute atomic E-state index is 13.4. The molecule has 0 spiro atoms. The highest BCUT2D eigenvalue weighted by Crippen LogP contribution is 2.48. The van der Waals surface area contributed by atoms with Crippen LogP contribution in [0.5, 0.6) is 0 Å². The SMILES string of the molecule is CC(C)(C)OC(=O)N[C@@H](CSC(c1ccccc1)(c1ccccc1)c1ccccc1)C(=O)NCCCCCCN. The molecule has 1 atom stereocenters. The van der Waals surface area contributed by atoms with Gasteiger partial charge in [-0.2, -0.15) is 0 Å². The van der Waals surface area contributed by atoms with Gasteiger partial charge < -0.3 is 21.1 Å². The van der Waals surface area contributed by atoms with Crippen LogP contribution in [-0.4, -0.2) is 42.5 Å². The van der Waals surface area contributed by atoms with Gasteiger partial charge in [0.1, 0.15) is 11.6 Å². The lowest BCUT2D eigenvalue weighted by Gasteiger charge is -2.36. The normalized spacial score (nSPS) is 12.4. The van der Waals surface area contributed by atoms with E-state index in [1.165, 1.54) is 0 Å². The Morgan fingerprint density at radius 3 is 1.70 bits per heavy atom. The Morgan fingerprint density at radius 1 is 0.775 bits per heavy atom. The van der Waals surface area contributed by atoms with E-state index in [0.717, 1.165) is 42.4 Å². The summed E-state index contributed by atoms with van der Waals surface area (Å²) >= 11 is 1.63. The van der Waals surface area contributed by atoms with Crippen LogP contribution in [0.1, 0.15) is 63.1 Å². The fourth-order valence-electron chi connectivity index (χ4n) is 4.57. The van der Waals surface area contributed by atoms with Gasteiger partial charge in [0.25, 0.3) is 0 Å². The summed E-state index contributed by atoms with van der Waals surface area (Å²) in [6, 6.07) is 30.1. The summed E-state index contributed by atoms with van der Waals surface area (Å²) in [4.78, 5) is 26.3. The molecular weight excluding hydrogens is 518 g/mol. The van der Waals surface area contributed by atoms with Crippen molar-refractivity contribution in [2.75, 3.05) is 18.8 Å². The highest BCUT2D eigenvalue weighted by atomic mass is 32.2. The Balaban J connectivity index is 1.93.